The molecule has 0 spiro atoms. The van der Waals surface area contributed by atoms with Gasteiger partial charge >= 0.3 is 0 Å². The maximum absolute atomic E-state index is 15.1. The molecule has 1 saturated carbocycles. The van der Waals surface area contributed by atoms with Crippen LogP contribution in [-0.2, 0) is 0 Å². The highest BCUT2D eigenvalue weighted by Crippen LogP contribution is 2.39. The average Bonchev–Trinajstić information content (AvgIpc) is 2.87. The van der Waals surface area contributed by atoms with E-state index in [0.717, 1.165) is 31.2 Å². The van der Waals surface area contributed by atoms with Crippen molar-refractivity contribution in [3.8, 4) is 16.9 Å². The largest absolute Gasteiger partial charge is 0.494 e. The van der Waals surface area contributed by atoms with Crippen LogP contribution in [0.2, 0.25) is 0 Å². The molecule has 0 aliphatic heterocycles. The molecule has 4 rings (SSSR count). The van der Waals surface area contributed by atoms with Gasteiger partial charge in [-0.2, -0.15) is 0 Å². The van der Waals surface area contributed by atoms with E-state index >= 15 is 8.78 Å². The molecule has 1 aliphatic carbocycles. The Morgan fingerprint density at radius 3 is 2.26 bits per heavy atom. The molecule has 0 bridgehead atoms. The summed E-state index contributed by atoms with van der Waals surface area (Å²) in [7, 11) is 0. The second-order valence-electron chi connectivity index (χ2n) is 9.04. The number of hydrogen-bond acceptors (Lipinski definition) is 1. The summed E-state index contributed by atoms with van der Waals surface area (Å²) >= 11 is 0. The van der Waals surface area contributed by atoms with Crippen molar-refractivity contribution >= 4 is 12.2 Å². The third-order valence-corrected chi connectivity index (χ3v) is 6.75. The molecular formula is C31H31F3O. The van der Waals surface area contributed by atoms with E-state index in [4.69, 9.17) is 4.74 Å². The molecule has 0 radical (unpaired) electrons. The fraction of sp³-hybridized carbons (Fsp3) is 0.290. The van der Waals surface area contributed by atoms with Crippen molar-refractivity contribution < 1.29 is 17.9 Å². The van der Waals surface area contributed by atoms with Gasteiger partial charge in [-0.1, -0.05) is 60.7 Å². The van der Waals surface area contributed by atoms with Crippen LogP contribution >= 0.6 is 0 Å². The molecular weight excluding hydrogens is 445 g/mol. The van der Waals surface area contributed by atoms with Crippen LogP contribution in [0, 0.1) is 23.4 Å². The molecule has 3 aromatic rings. The van der Waals surface area contributed by atoms with Gasteiger partial charge in [0.1, 0.15) is 11.6 Å². The molecule has 0 aromatic heterocycles. The number of benzene rings is 3. The lowest BCUT2D eigenvalue weighted by Gasteiger charge is -2.27. The van der Waals surface area contributed by atoms with E-state index in [1.165, 1.54) is 6.07 Å². The normalized spacial score (nSPS) is 18.4. The van der Waals surface area contributed by atoms with Crippen molar-refractivity contribution in [2.45, 2.75) is 45.4 Å². The Bertz CT molecular complexity index is 1200. The van der Waals surface area contributed by atoms with E-state index in [1.807, 2.05) is 26.0 Å². The first-order valence-electron chi connectivity index (χ1n) is 12.3. The summed E-state index contributed by atoms with van der Waals surface area (Å²) in [6, 6.07) is 15.3. The van der Waals surface area contributed by atoms with Crippen molar-refractivity contribution in [2.24, 2.45) is 5.92 Å². The van der Waals surface area contributed by atoms with Crippen molar-refractivity contribution in [3.05, 3.63) is 101 Å². The standard InChI is InChI=1S/C31H31F3O/c1-3-5-21-6-11-23(12-7-21)27-18-19-28(31(34)30(27)33)24-13-8-22(9-14-24)10-15-25-16-17-26(35-4-2)20-29(25)32/h3,5,8-10,13-21,23H,4,6-7,11-12H2,1-2H3/b5-3+,15-10+. The molecule has 3 aromatic carbocycles. The van der Waals surface area contributed by atoms with Crippen LogP contribution in [0.25, 0.3) is 23.3 Å². The number of hydrogen-bond donors (Lipinski definition) is 0. The molecule has 0 heterocycles. The molecule has 1 nitrogen and oxygen atoms in total. The molecule has 182 valence electrons. The molecule has 0 amide bonds. The number of halogens is 3. The van der Waals surface area contributed by atoms with Gasteiger partial charge in [0, 0.05) is 17.2 Å². The Kier molecular flexibility index (Phi) is 8.12. The third-order valence-electron chi connectivity index (χ3n) is 6.75. The maximum Gasteiger partial charge on any atom is 0.166 e. The summed E-state index contributed by atoms with van der Waals surface area (Å²) in [5.74, 6) is -0.785. The monoisotopic (exact) mass is 476 g/mol. The van der Waals surface area contributed by atoms with E-state index in [2.05, 4.69) is 12.2 Å². The molecule has 4 heteroatoms. The van der Waals surface area contributed by atoms with Crippen LogP contribution < -0.4 is 4.74 Å². The summed E-state index contributed by atoms with van der Waals surface area (Å²) in [6.07, 6.45) is 11.5. The van der Waals surface area contributed by atoms with Gasteiger partial charge < -0.3 is 4.74 Å². The van der Waals surface area contributed by atoms with Crippen molar-refractivity contribution in [1.29, 1.82) is 0 Å². The van der Waals surface area contributed by atoms with E-state index in [9.17, 15) is 4.39 Å². The van der Waals surface area contributed by atoms with E-state index in [0.29, 0.717) is 35.0 Å². The lowest BCUT2D eigenvalue weighted by atomic mass is 9.78. The Morgan fingerprint density at radius 2 is 1.60 bits per heavy atom. The Labute approximate surface area is 206 Å². The second-order valence-corrected chi connectivity index (χ2v) is 9.04. The zero-order valence-corrected chi connectivity index (χ0v) is 20.2. The van der Waals surface area contributed by atoms with Crippen molar-refractivity contribution in [1.82, 2.24) is 0 Å². The summed E-state index contributed by atoms with van der Waals surface area (Å²) in [6.45, 7) is 4.34. The van der Waals surface area contributed by atoms with Gasteiger partial charge in [-0.3, -0.25) is 0 Å². The minimum atomic E-state index is -0.794. The number of ether oxygens (including phenoxy) is 1. The summed E-state index contributed by atoms with van der Waals surface area (Å²) < 4.78 is 49.6. The van der Waals surface area contributed by atoms with Crippen LogP contribution in [0.15, 0.2) is 66.7 Å². The molecule has 0 saturated heterocycles. The predicted octanol–water partition coefficient (Wildman–Crippen LogP) is 9.19. The van der Waals surface area contributed by atoms with Gasteiger partial charge in [-0.25, -0.2) is 13.2 Å². The number of allylic oxidation sites excluding steroid dienone is 2. The lowest BCUT2D eigenvalue weighted by Crippen LogP contribution is -2.13. The number of rotatable bonds is 7. The highest BCUT2D eigenvalue weighted by Gasteiger charge is 2.25. The van der Waals surface area contributed by atoms with Gasteiger partial charge in [0.25, 0.3) is 0 Å². The van der Waals surface area contributed by atoms with E-state index < -0.39 is 11.6 Å². The Morgan fingerprint density at radius 1 is 0.857 bits per heavy atom. The molecule has 0 atom stereocenters. The van der Waals surface area contributed by atoms with Crippen molar-refractivity contribution in [2.75, 3.05) is 6.61 Å². The predicted molar refractivity (Wildman–Crippen MR) is 138 cm³/mol. The highest BCUT2D eigenvalue weighted by molar-refractivity contribution is 5.73. The molecule has 0 unspecified atom stereocenters. The van der Waals surface area contributed by atoms with Gasteiger partial charge in [0.05, 0.1) is 6.61 Å². The minimum absolute atomic E-state index is 0.0653. The van der Waals surface area contributed by atoms with Crippen molar-refractivity contribution in [3.63, 3.8) is 0 Å². The lowest BCUT2D eigenvalue weighted by molar-refractivity contribution is 0.338. The smallest absolute Gasteiger partial charge is 0.166 e. The second kappa shape index (κ2) is 11.4. The first-order valence-corrected chi connectivity index (χ1v) is 12.3. The third kappa shape index (κ3) is 5.87. The Balaban J connectivity index is 1.47. The van der Waals surface area contributed by atoms with E-state index in [-0.39, 0.29) is 17.3 Å². The van der Waals surface area contributed by atoms with Gasteiger partial charge in [0.15, 0.2) is 11.6 Å². The average molecular weight is 477 g/mol. The van der Waals surface area contributed by atoms with Gasteiger partial charge in [0.2, 0.25) is 0 Å². The van der Waals surface area contributed by atoms with Crippen LogP contribution in [0.3, 0.4) is 0 Å². The fourth-order valence-electron chi connectivity index (χ4n) is 4.86. The van der Waals surface area contributed by atoms with Crippen LogP contribution in [0.5, 0.6) is 5.75 Å². The highest BCUT2D eigenvalue weighted by atomic mass is 19.2. The molecule has 1 fully saturated rings. The fourth-order valence-corrected chi connectivity index (χ4v) is 4.86. The molecule has 35 heavy (non-hydrogen) atoms. The summed E-state index contributed by atoms with van der Waals surface area (Å²) in [4.78, 5) is 0. The van der Waals surface area contributed by atoms with Gasteiger partial charge in [-0.15, -0.1) is 0 Å². The zero-order valence-electron chi connectivity index (χ0n) is 20.2. The molecule has 1 aliphatic rings. The van der Waals surface area contributed by atoms with Crippen LogP contribution in [-0.4, -0.2) is 6.61 Å². The Hall–Kier alpha value is -3.27. The topological polar surface area (TPSA) is 9.23 Å². The van der Waals surface area contributed by atoms with Crippen LogP contribution in [0.1, 0.15) is 62.1 Å². The maximum atomic E-state index is 15.1. The summed E-state index contributed by atoms with van der Waals surface area (Å²) in [5, 5.41) is 0. The first-order chi connectivity index (χ1) is 17.0. The molecule has 0 N–H and O–H groups in total. The SMILES string of the molecule is C/C=C/C1CCC(c2ccc(-c3ccc(/C=C/c4ccc(OCC)cc4F)cc3)c(F)c2F)CC1. The zero-order chi connectivity index (χ0) is 24.8. The van der Waals surface area contributed by atoms with E-state index in [1.54, 1.807) is 48.6 Å². The summed E-state index contributed by atoms with van der Waals surface area (Å²) in [5.41, 5.74) is 2.62. The van der Waals surface area contributed by atoms with Gasteiger partial charge in [-0.05, 0) is 80.2 Å². The minimum Gasteiger partial charge on any atom is -0.494 e. The van der Waals surface area contributed by atoms with Crippen LogP contribution in [0.4, 0.5) is 13.2 Å². The first kappa shape index (κ1) is 24.8. The quantitative estimate of drug-likeness (QED) is 0.244.